The predicted molar refractivity (Wildman–Crippen MR) is 139 cm³/mol. The minimum atomic E-state index is -0.889. The fourth-order valence-corrected chi connectivity index (χ4v) is 3.98. The van der Waals surface area contributed by atoms with Crippen LogP contribution in [0.4, 0.5) is 10.5 Å². The maximum atomic E-state index is 13.1. The van der Waals surface area contributed by atoms with E-state index in [0.29, 0.717) is 28.7 Å². The number of benzene rings is 3. The van der Waals surface area contributed by atoms with Gasteiger partial charge >= 0.3 is 6.03 Å². The van der Waals surface area contributed by atoms with Gasteiger partial charge in [0, 0.05) is 5.02 Å². The molecule has 1 heterocycles. The Labute approximate surface area is 222 Å². The molecule has 0 radical (unpaired) electrons. The van der Waals surface area contributed by atoms with Crippen LogP contribution in [-0.4, -0.2) is 24.5 Å². The molecule has 10 heteroatoms. The zero-order chi connectivity index (χ0) is 25.8. The SMILES string of the molecule is CCOc1cc(/C=C2\C(=O)NC(=O)N(c3ccc(Cl)c(Cl)c3)C2=O)ccc1OCc1cccc(Cl)c1. The van der Waals surface area contributed by atoms with Crippen molar-refractivity contribution in [2.75, 3.05) is 11.5 Å². The summed E-state index contributed by atoms with van der Waals surface area (Å²) in [6.45, 7) is 2.46. The third-order valence-corrected chi connectivity index (χ3v) is 6.10. The van der Waals surface area contributed by atoms with Gasteiger partial charge in [0.15, 0.2) is 11.5 Å². The van der Waals surface area contributed by atoms with Crippen LogP contribution in [0.3, 0.4) is 0 Å². The van der Waals surface area contributed by atoms with E-state index in [9.17, 15) is 14.4 Å². The molecular formula is C26H19Cl3N2O5. The summed E-state index contributed by atoms with van der Waals surface area (Å²) in [5.41, 5.74) is 1.31. The lowest BCUT2D eigenvalue weighted by atomic mass is 10.1. The van der Waals surface area contributed by atoms with Crippen molar-refractivity contribution in [1.29, 1.82) is 0 Å². The topological polar surface area (TPSA) is 84.9 Å². The summed E-state index contributed by atoms with van der Waals surface area (Å²) >= 11 is 18.0. The van der Waals surface area contributed by atoms with E-state index in [4.69, 9.17) is 44.3 Å². The Morgan fingerprint density at radius 1 is 0.889 bits per heavy atom. The van der Waals surface area contributed by atoms with E-state index in [2.05, 4.69) is 5.32 Å². The molecule has 1 N–H and O–H groups in total. The average molecular weight is 546 g/mol. The van der Waals surface area contributed by atoms with Gasteiger partial charge < -0.3 is 9.47 Å². The summed E-state index contributed by atoms with van der Waals surface area (Å²) in [6.07, 6.45) is 1.37. The van der Waals surface area contributed by atoms with E-state index in [-0.39, 0.29) is 27.9 Å². The van der Waals surface area contributed by atoms with Crippen LogP contribution in [0.2, 0.25) is 15.1 Å². The first-order valence-electron chi connectivity index (χ1n) is 10.8. The summed E-state index contributed by atoms with van der Waals surface area (Å²) < 4.78 is 11.6. The Kier molecular flexibility index (Phi) is 7.84. The number of ether oxygens (including phenoxy) is 2. The molecule has 1 aliphatic rings. The maximum absolute atomic E-state index is 13.1. The first kappa shape index (κ1) is 25.6. The Bertz CT molecular complexity index is 1390. The molecule has 1 saturated heterocycles. The van der Waals surface area contributed by atoms with Gasteiger partial charge in [-0.15, -0.1) is 0 Å². The second-order valence-electron chi connectivity index (χ2n) is 7.61. The number of imide groups is 2. The Morgan fingerprint density at radius 2 is 1.69 bits per heavy atom. The van der Waals surface area contributed by atoms with Gasteiger partial charge in [0.25, 0.3) is 11.8 Å². The number of halogens is 3. The highest BCUT2D eigenvalue weighted by molar-refractivity contribution is 6.43. The molecule has 1 aliphatic heterocycles. The molecule has 0 aliphatic carbocycles. The van der Waals surface area contributed by atoms with Crippen molar-refractivity contribution in [1.82, 2.24) is 5.32 Å². The van der Waals surface area contributed by atoms with Gasteiger partial charge in [-0.2, -0.15) is 0 Å². The van der Waals surface area contributed by atoms with E-state index in [1.807, 2.05) is 19.1 Å². The molecule has 0 atom stereocenters. The third-order valence-electron chi connectivity index (χ3n) is 5.13. The summed E-state index contributed by atoms with van der Waals surface area (Å²) in [5, 5.41) is 3.20. The molecule has 4 amide bonds. The monoisotopic (exact) mass is 544 g/mol. The first-order chi connectivity index (χ1) is 17.3. The van der Waals surface area contributed by atoms with Crippen LogP contribution >= 0.6 is 34.8 Å². The minimum absolute atomic E-state index is 0.159. The number of rotatable bonds is 7. The molecule has 1 fully saturated rings. The van der Waals surface area contributed by atoms with Gasteiger partial charge in [0.05, 0.1) is 22.3 Å². The van der Waals surface area contributed by atoms with E-state index >= 15 is 0 Å². The van der Waals surface area contributed by atoms with Crippen LogP contribution < -0.4 is 19.7 Å². The zero-order valence-electron chi connectivity index (χ0n) is 18.9. The maximum Gasteiger partial charge on any atom is 0.335 e. The largest absolute Gasteiger partial charge is 0.490 e. The van der Waals surface area contributed by atoms with Crippen LogP contribution in [0, 0.1) is 0 Å². The molecule has 4 rings (SSSR count). The van der Waals surface area contributed by atoms with Gasteiger partial charge in [-0.25, -0.2) is 9.69 Å². The Morgan fingerprint density at radius 3 is 2.42 bits per heavy atom. The normalized spacial score (nSPS) is 14.7. The summed E-state index contributed by atoms with van der Waals surface area (Å²) in [4.78, 5) is 38.9. The Balaban J connectivity index is 1.62. The number of carbonyl (C=O) groups is 3. The van der Waals surface area contributed by atoms with Crippen molar-refractivity contribution in [2.45, 2.75) is 13.5 Å². The van der Waals surface area contributed by atoms with Crippen molar-refractivity contribution < 1.29 is 23.9 Å². The number of barbiturate groups is 1. The van der Waals surface area contributed by atoms with Crippen LogP contribution in [0.5, 0.6) is 11.5 Å². The smallest absolute Gasteiger partial charge is 0.335 e. The van der Waals surface area contributed by atoms with Gasteiger partial charge in [0.2, 0.25) is 0 Å². The highest BCUT2D eigenvalue weighted by Gasteiger charge is 2.37. The Hall–Kier alpha value is -3.52. The second-order valence-corrected chi connectivity index (χ2v) is 8.86. The van der Waals surface area contributed by atoms with Crippen LogP contribution in [0.15, 0.2) is 66.2 Å². The standard InChI is InChI=1S/C26H19Cl3N2O5/c1-2-35-23-12-15(6-9-22(23)36-14-16-4-3-5-17(27)10-16)11-19-24(32)30-26(34)31(25(19)33)18-7-8-20(28)21(29)13-18/h3-13H,2,14H2,1H3,(H,30,32,34)/b19-11+. The second kappa shape index (κ2) is 11.0. The van der Waals surface area contributed by atoms with Gasteiger partial charge in [0.1, 0.15) is 12.2 Å². The number of hydrogen-bond donors (Lipinski definition) is 1. The minimum Gasteiger partial charge on any atom is -0.490 e. The molecule has 3 aromatic rings. The average Bonchev–Trinajstić information content (AvgIpc) is 2.83. The van der Waals surface area contributed by atoms with Crippen molar-refractivity contribution in [3.8, 4) is 11.5 Å². The lowest BCUT2D eigenvalue weighted by molar-refractivity contribution is -0.122. The number of carbonyl (C=O) groups excluding carboxylic acids is 3. The van der Waals surface area contributed by atoms with E-state index in [1.165, 1.54) is 24.3 Å². The molecular weight excluding hydrogens is 527 g/mol. The van der Waals surface area contributed by atoms with Crippen LogP contribution in [-0.2, 0) is 16.2 Å². The number of nitrogens with one attached hydrogen (secondary N) is 1. The predicted octanol–water partition coefficient (Wildman–Crippen LogP) is 6.29. The lowest BCUT2D eigenvalue weighted by Crippen LogP contribution is -2.54. The van der Waals surface area contributed by atoms with Crippen LogP contribution in [0.25, 0.3) is 6.08 Å². The molecule has 0 bridgehead atoms. The van der Waals surface area contributed by atoms with E-state index < -0.39 is 17.8 Å². The summed E-state index contributed by atoms with van der Waals surface area (Å²) in [5.74, 6) is -0.720. The fraction of sp³-hybridized carbons (Fsp3) is 0.115. The van der Waals surface area contributed by atoms with Crippen molar-refractivity contribution in [3.63, 3.8) is 0 Å². The highest BCUT2D eigenvalue weighted by Crippen LogP contribution is 2.32. The highest BCUT2D eigenvalue weighted by atomic mass is 35.5. The zero-order valence-corrected chi connectivity index (χ0v) is 21.2. The molecule has 7 nitrogen and oxygen atoms in total. The molecule has 0 aromatic heterocycles. The molecule has 3 aromatic carbocycles. The molecule has 0 unspecified atom stereocenters. The van der Waals surface area contributed by atoms with Crippen molar-refractivity contribution >= 4 is 64.4 Å². The molecule has 184 valence electrons. The first-order valence-corrected chi connectivity index (χ1v) is 11.9. The van der Waals surface area contributed by atoms with Crippen molar-refractivity contribution in [2.24, 2.45) is 0 Å². The summed E-state index contributed by atoms with van der Waals surface area (Å²) in [6, 6.07) is 15.7. The third kappa shape index (κ3) is 5.65. The lowest BCUT2D eigenvalue weighted by Gasteiger charge is -2.26. The van der Waals surface area contributed by atoms with E-state index in [1.54, 1.807) is 30.3 Å². The quantitative estimate of drug-likeness (QED) is 0.279. The van der Waals surface area contributed by atoms with E-state index in [0.717, 1.165) is 10.5 Å². The van der Waals surface area contributed by atoms with Crippen LogP contribution in [0.1, 0.15) is 18.1 Å². The van der Waals surface area contributed by atoms with Gasteiger partial charge in [-0.1, -0.05) is 53.0 Å². The molecule has 0 saturated carbocycles. The number of amides is 4. The van der Waals surface area contributed by atoms with Gasteiger partial charge in [-0.05, 0) is 66.6 Å². The number of hydrogen-bond acceptors (Lipinski definition) is 5. The number of anilines is 1. The summed E-state index contributed by atoms with van der Waals surface area (Å²) in [7, 11) is 0. The van der Waals surface area contributed by atoms with Gasteiger partial charge in [-0.3, -0.25) is 14.9 Å². The molecule has 36 heavy (non-hydrogen) atoms. The fourth-order valence-electron chi connectivity index (χ4n) is 3.47. The number of urea groups is 1. The number of nitrogens with zero attached hydrogens (tertiary/aromatic N) is 1. The molecule has 0 spiro atoms. The van der Waals surface area contributed by atoms with Crippen molar-refractivity contribution in [3.05, 3.63) is 92.4 Å².